The summed E-state index contributed by atoms with van der Waals surface area (Å²) in [5.41, 5.74) is 0.682. The van der Waals surface area contributed by atoms with Gasteiger partial charge >= 0.3 is 0 Å². The molecule has 0 aromatic heterocycles. The Morgan fingerprint density at radius 2 is 2.06 bits per heavy atom. The quantitative estimate of drug-likeness (QED) is 0.728. The number of Topliss-reactive ketones (excluding diaryl/α,β-unsaturated/α-hetero) is 1. The van der Waals surface area contributed by atoms with Crippen LogP contribution in [-0.2, 0) is 9.53 Å². The topological polar surface area (TPSA) is 26.3 Å². The molecule has 0 atom stereocenters. The van der Waals surface area contributed by atoms with E-state index < -0.39 is 5.92 Å². The predicted octanol–water partition coefficient (Wildman–Crippen LogP) is 3.08. The van der Waals surface area contributed by atoms with Crippen molar-refractivity contribution in [3.8, 4) is 0 Å². The molecule has 4 heteroatoms. The molecule has 2 nitrogen and oxygen atoms in total. The first-order chi connectivity index (χ1) is 7.58. The van der Waals surface area contributed by atoms with E-state index in [0.29, 0.717) is 25.0 Å². The van der Waals surface area contributed by atoms with Gasteiger partial charge < -0.3 is 4.74 Å². The van der Waals surface area contributed by atoms with E-state index in [1.807, 2.05) is 0 Å². The molecule has 1 heterocycles. The van der Waals surface area contributed by atoms with Crippen molar-refractivity contribution >= 4 is 5.78 Å². The van der Waals surface area contributed by atoms with Crippen LogP contribution in [0.1, 0.15) is 38.5 Å². The minimum Gasteiger partial charge on any atom is -0.501 e. The van der Waals surface area contributed by atoms with Crippen molar-refractivity contribution in [2.45, 2.75) is 44.4 Å². The third kappa shape index (κ3) is 2.60. The second kappa shape index (κ2) is 4.52. The summed E-state index contributed by atoms with van der Waals surface area (Å²) >= 11 is 0. The Morgan fingerprint density at radius 3 is 2.62 bits per heavy atom. The molecule has 0 radical (unpaired) electrons. The van der Waals surface area contributed by atoms with Crippen molar-refractivity contribution in [1.29, 1.82) is 0 Å². The lowest BCUT2D eigenvalue weighted by Crippen LogP contribution is -2.29. The van der Waals surface area contributed by atoms with Crippen molar-refractivity contribution in [1.82, 2.24) is 0 Å². The predicted molar refractivity (Wildman–Crippen MR) is 55.2 cm³/mol. The molecule has 0 unspecified atom stereocenters. The van der Waals surface area contributed by atoms with Crippen LogP contribution < -0.4 is 0 Å². The summed E-state index contributed by atoms with van der Waals surface area (Å²) in [5, 5.41) is 0. The van der Waals surface area contributed by atoms with Crippen LogP contribution >= 0.6 is 0 Å². The summed E-state index contributed by atoms with van der Waals surface area (Å²) in [7, 11) is 0. The average molecular weight is 230 g/mol. The summed E-state index contributed by atoms with van der Waals surface area (Å²) in [6.07, 6.45) is 3.40. The number of carbonyl (C=O) groups is 1. The van der Waals surface area contributed by atoms with E-state index in [2.05, 4.69) is 0 Å². The molecule has 16 heavy (non-hydrogen) atoms. The van der Waals surface area contributed by atoms with Gasteiger partial charge in [0.1, 0.15) is 0 Å². The zero-order chi connectivity index (χ0) is 11.6. The van der Waals surface area contributed by atoms with Crippen LogP contribution in [0.4, 0.5) is 8.78 Å². The minimum atomic E-state index is -2.56. The van der Waals surface area contributed by atoms with Gasteiger partial charge in [-0.1, -0.05) is 0 Å². The van der Waals surface area contributed by atoms with E-state index in [4.69, 9.17) is 4.74 Å². The lowest BCUT2D eigenvalue weighted by Gasteiger charge is -2.28. The van der Waals surface area contributed by atoms with Crippen molar-refractivity contribution in [3.63, 3.8) is 0 Å². The lowest BCUT2D eigenvalue weighted by molar-refractivity contribution is -0.123. The molecule has 1 fully saturated rings. The van der Waals surface area contributed by atoms with Gasteiger partial charge in [-0.05, 0) is 25.7 Å². The fraction of sp³-hybridized carbons (Fsp3) is 0.750. The molecule has 2 aliphatic rings. The minimum absolute atomic E-state index is 0.0233. The van der Waals surface area contributed by atoms with Crippen LogP contribution in [-0.4, -0.2) is 18.3 Å². The Hall–Kier alpha value is -0.930. The van der Waals surface area contributed by atoms with Crippen LogP contribution in [0.25, 0.3) is 0 Å². The Balaban J connectivity index is 1.93. The molecule has 1 aliphatic heterocycles. The van der Waals surface area contributed by atoms with Crippen molar-refractivity contribution in [3.05, 3.63) is 11.8 Å². The third-order valence-electron chi connectivity index (χ3n) is 3.34. The van der Waals surface area contributed by atoms with Crippen molar-refractivity contribution in [2.24, 2.45) is 5.92 Å². The Kier molecular flexibility index (Phi) is 3.26. The van der Waals surface area contributed by atoms with Crippen LogP contribution in [0.2, 0.25) is 0 Å². The fourth-order valence-corrected chi connectivity index (χ4v) is 2.31. The zero-order valence-corrected chi connectivity index (χ0v) is 9.18. The molecule has 0 aromatic carbocycles. The summed E-state index contributed by atoms with van der Waals surface area (Å²) in [4.78, 5) is 12.0. The first-order valence-electron chi connectivity index (χ1n) is 5.81. The van der Waals surface area contributed by atoms with E-state index in [1.165, 1.54) is 6.26 Å². The van der Waals surface area contributed by atoms with Gasteiger partial charge in [-0.3, -0.25) is 4.79 Å². The number of allylic oxidation sites excluding steroid dienone is 1. The first-order valence-corrected chi connectivity index (χ1v) is 5.81. The third-order valence-corrected chi connectivity index (χ3v) is 3.34. The molecule has 0 amide bonds. The van der Waals surface area contributed by atoms with Crippen molar-refractivity contribution in [2.75, 3.05) is 6.61 Å². The number of carbonyl (C=O) groups excluding carboxylic acids is 1. The molecule has 0 bridgehead atoms. The molecule has 0 saturated heterocycles. The number of hydrogen-bond donors (Lipinski definition) is 0. The van der Waals surface area contributed by atoms with Crippen molar-refractivity contribution < 1.29 is 18.3 Å². The van der Waals surface area contributed by atoms with Gasteiger partial charge in [0.25, 0.3) is 0 Å². The zero-order valence-electron chi connectivity index (χ0n) is 9.18. The summed E-state index contributed by atoms with van der Waals surface area (Å²) < 4.78 is 31.0. The largest absolute Gasteiger partial charge is 0.501 e. The molecule has 2 rings (SSSR count). The first kappa shape index (κ1) is 11.6. The molecular formula is C12H16F2O2. The monoisotopic (exact) mass is 230 g/mol. The fourth-order valence-electron chi connectivity index (χ4n) is 2.31. The number of rotatable bonds is 2. The van der Waals surface area contributed by atoms with Crippen LogP contribution in [0.15, 0.2) is 11.8 Å². The smallest absolute Gasteiger partial charge is 0.248 e. The van der Waals surface area contributed by atoms with Crippen LogP contribution in [0.5, 0.6) is 0 Å². The Labute approximate surface area is 93.7 Å². The number of hydrogen-bond acceptors (Lipinski definition) is 2. The highest BCUT2D eigenvalue weighted by atomic mass is 19.3. The molecule has 0 spiro atoms. The number of alkyl halides is 2. The maximum absolute atomic E-state index is 12.9. The highest BCUT2D eigenvalue weighted by Gasteiger charge is 2.38. The highest BCUT2D eigenvalue weighted by molar-refractivity contribution is 5.97. The molecular weight excluding hydrogens is 214 g/mol. The van der Waals surface area contributed by atoms with Gasteiger partial charge in [0.15, 0.2) is 5.78 Å². The second-order valence-corrected chi connectivity index (χ2v) is 4.61. The normalized spacial score (nSPS) is 25.8. The van der Waals surface area contributed by atoms with Gasteiger partial charge in [-0.25, -0.2) is 8.78 Å². The maximum atomic E-state index is 12.9. The molecule has 0 N–H and O–H groups in total. The Bertz CT molecular complexity index is 300. The molecule has 0 aromatic rings. The molecule has 90 valence electrons. The van der Waals surface area contributed by atoms with Crippen LogP contribution in [0, 0.1) is 5.92 Å². The van der Waals surface area contributed by atoms with Gasteiger partial charge in [-0.15, -0.1) is 0 Å². The Morgan fingerprint density at radius 1 is 1.38 bits per heavy atom. The SMILES string of the molecule is O=C(C1=COCCC1)C1CCC(F)(F)CC1. The maximum Gasteiger partial charge on any atom is 0.248 e. The van der Waals surface area contributed by atoms with Crippen LogP contribution in [0.3, 0.4) is 0 Å². The van der Waals surface area contributed by atoms with Gasteiger partial charge in [-0.2, -0.15) is 0 Å². The van der Waals surface area contributed by atoms with E-state index >= 15 is 0 Å². The molecule has 1 aliphatic carbocycles. The van der Waals surface area contributed by atoms with Gasteiger partial charge in [0, 0.05) is 24.3 Å². The average Bonchev–Trinajstić information content (AvgIpc) is 2.29. The standard InChI is InChI=1S/C12H16F2O2/c13-12(14)5-3-9(4-6-12)11(15)10-2-1-7-16-8-10/h8-9H,1-7H2. The summed E-state index contributed by atoms with van der Waals surface area (Å²) in [6.45, 7) is 0.652. The lowest BCUT2D eigenvalue weighted by atomic mass is 9.81. The number of halogens is 2. The van der Waals surface area contributed by atoms with Gasteiger partial charge in [0.2, 0.25) is 5.92 Å². The van der Waals surface area contributed by atoms with E-state index in [9.17, 15) is 13.6 Å². The highest BCUT2D eigenvalue weighted by Crippen LogP contribution is 2.37. The summed E-state index contributed by atoms with van der Waals surface area (Å²) in [5.74, 6) is -2.75. The second-order valence-electron chi connectivity index (χ2n) is 4.61. The number of ketones is 1. The summed E-state index contributed by atoms with van der Waals surface area (Å²) in [6, 6.07) is 0. The van der Waals surface area contributed by atoms with E-state index in [-0.39, 0.29) is 24.5 Å². The van der Waals surface area contributed by atoms with E-state index in [1.54, 1.807) is 0 Å². The van der Waals surface area contributed by atoms with E-state index in [0.717, 1.165) is 12.8 Å². The molecule has 1 saturated carbocycles. The van der Waals surface area contributed by atoms with Gasteiger partial charge in [0.05, 0.1) is 12.9 Å². The number of ether oxygens (including phenoxy) is 1.